The summed E-state index contributed by atoms with van der Waals surface area (Å²) in [7, 11) is 0. The number of hydrogen-bond acceptors (Lipinski definition) is 5. The van der Waals surface area contributed by atoms with Crippen LogP contribution in [0.1, 0.15) is 16.8 Å². The van der Waals surface area contributed by atoms with E-state index in [1.807, 2.05) is 0 Å². The molecule has 0 amide bonds. The molecule has 1 heterocycles. The fourth-order valence-corrected chi connectivity index (χ4v) is 2.02. The number of aliphatic carboxylic acids is 1. The minimum atomic E-state index is -1.01. The molecule has 1 aromatic heterocycles. The Morgan fingerprint density at radius 3 is 2.75 bits per heavy atom. The van der Waals surface area contributed by atoms with Gasteiger partial charge in [-0.3, -0.25) is 14.9 Å². The van der Waals surface area contributed by atoms with Gasteiger partial charge in [-0.1, -0.05) is 11.3 Å². The molecule has 0 aliphatic carbocycles. The van der Waals surface area contributed by atoms with Crippen molar-refractivity contribution < 1.29 is 14.8 Å². The summed E-state index contributed by atoms with van der Waals surface area (Å²) >= 11 is 0. The van der Waals surface area contributed by atoms with Crippen LogP contribution in [0.2, 0.25) is 0 Å². The number of nitrogens with zero attached hydrogens (tertiary/aromatic N) is 4. The lowest BCUT2D eigenvalue weighted by Gasteiger charge is -2.09. The van der Waals surface area contributed by atoms with E-state index in [4.69, 9.17) is 5.11 Å². The number of hydrogen-bond donors (Lipinski definition) is 1. The zero-order valence-corrected chi connectivity index (χ0v) is 10.9. The van der Waals surface area contributed by atoms with Gasteiger partial charge in [-0.2, -0.15) is 0 Å². The van der Waals surface area contributed by atoms with Crippen LogP contribution in [0, 0.1) is 24.0 Å². The first-order chi connectivity index (χ1) is 9.40. The topological polar surface area (TPSA) is 111 Å². The third-order valence-electron chi connectivity index (χ3n) is 2.90. The number of aryl methyl sites for hydroxylation is 1. The van der Waals surface area contributed by atoms with Crippen molar-refractivity contribution in [1.29, 1.82) is 0 Å². The number of benzene rings is 1. The molecule has 2 rings (SSSR count). The lowest BCUT2D eigenvalue weighted by molar-refractivity contribution is -0.385. The fourth-order valence-electron chi connectivity index (χ4n) is 2.02. The van der Waals surface area contributed by atoms with Gasteiger partial charge >= 0.3 is 5.97 Å². The molecular weight excluding hydrogens is 264 g/mol. The van der Waals surface area contributed by atoms with Gasteiger partial charge in [-0.25, -0.2) is 4.68 Å². The Morgan fingerprint density at radius 2 is 2.15 bits per heavy atom. The number of carboxylic acid groups (broad SMARTS) is 1. The average molecular weight is 276 g/mol. The predicted molar refractivity (Wildman–Crippen MR) is 68.8 cm³/mol. The number of carboxylic acids is 1. The Bertz CT molecular complexity index is 693. The molecule has 0 saturated carbocycles. The van der Waals surface area contributed by atoms with E-state index in [1.54, 1.807) is 19.9 Å². The van der Waals surface area contributed by atoms with E-state index in [1.165, 1.54) is 16.9 Å². The van der Waals surface area contributed by atoms with E-state index in [9.17, 15) is 14.9 Å². The molecule has 1 aromatic carbocycles. The normalized spacial score (nSPS) is 10.5. The summed E-state index contributed by atoms with van der Waals surface area (Å²) in [5.41, 5.74) is 2.08. The zero-order valence-electron chi connectivity index (χ0n) is 10.9. The zero-order chi connectivity index (χ0) is 14.9. The summed E-state index contributed by atoms with van der Waals surface area (Å²) in [6.07, 6.45) is 1.22. The van der Waals surface area contributed by atoms with Gasteiger partial charge in [0, 0.05) is 6.07 Å². The van der Waals surface area contributed by atoms with Crippen LogP contribution < -0.4 is 0 Å². The van der Waals surface area contributed by atoms with Crippen LogP contribution >= 0.6 is 0 Å². The Balaban J connectivity index is 2.52. The maximum Gasteiger partial charge on any atom is 0.309 e. The second-order valence-electron chi connectivity index (χ2n) is 4.36. The highest BCUT2D eigenvalue weighted by Gasteiger charge is 2.18. The molecule has 0 bridgehead atoms. The van der Waals surface area contributed by atoms with E-state index < -0.39 is 10.9 Å². The second kappa shape index (κ2) is 5.08. The summed E-state index contributed by atoms with van der Waals surface area (Å²) < 4.78 is 1.37. The van der Waals surface area contributed by atoms with Crippen molar-refractivity contribution in [3.63, 3.8) is 0 Å². The van der Waals surface area contributed by atoms with Crippen molar-refractivity contribution in [2.45, 2.75) is 20.3 Å². The van der Waals surface area contributed by atoms with Crippen molar-refractivity contribution in [1.82, 2.24) is 15.0 Å². The first-order valence-corrected chi connectivity index (χ1v) is 5.78. The lowest BCUT2D eigenvalue weighted by atomic mass is 10.1. The third-order valence-corrected chi connectivity index (χ3v) is 2.90. The maximum absolute atomic E-state index is 10.9. The Hall–Kier alpha value is -2.77. The van der Waals surface area contributed by atoms with Gasteiger partial charge in [-0.05, 0) is 19.4 Å². The second-order valence-corrected chi connectivity index (χ2v) is 4.36. The van der Waals surface area contributed by atoms with Crippen LogP contribution in [0.5, 0.6) is 0 Å². The van der Waals surface area contributed by atoms with Crippen LogP contribution in [-0.4, -0.2) is 31.0 Å². The molecule has 8 heteroatoms. The summed E-state index contributed by atoms with van der Waals surface area (Å²) in [4.78, 5) is 21.1. The quantitative estimate of drug-likeness (QED) is 0.667. The monoisotopic (exact) mass is 276 g/mol. The largest absolute Gasteiger partial charge is 0.481 e. The van der Waals surface area contributed by atoms with Crippen LogP contribution in [0.3, 0.4) is 0 Å². The van der Waals surface area contributed by atoms with Gasteiger partial charge in [0.25, 0.3) is 5.69 Å². The molecule has 0 aliphatic heterocycles. The lowest BCUT2D eigenvalue weighted by Crippen LogP contribution is -2.04. The van der Waals surface area contributed by atoms with Crippen LogP contribution in [0.4, 0.5) is 5.69 Å². The Labute approximate surface area is 113 Å². The van der Waals surface area contributed by atoms with Crippen molar-refractivity contribution >= 4 is 11.7 Å². The molecule has 0 fully saturated rings. The SMILES string of the molecule is Cc1ccc([N+](=O)[O-])c(C)c1-n1cc(CC(=O)O)nn1. The van der Waals surface area contributed by atoms with E-state index in [0.717, 1.165) is 5.56 Å². The van der Waals surface area contributed by atoms with Crippen molar-refractivity contribution in [2.24, 2.45) is 0 Å². The summed E-state index contributed by atoms with van der Waals surface area (Å²) in [5, 5.41) is 27.3. The molecule has 20 heavy (non-hydrogen) atoms. The first-order valence-electron chi connectivity index (χ1n) is 5.78. The van der Waals surface area contributed by atoms with Crippen molar-refractivity contribution in [3.8, 4) is 5.69 Å². The van der Waals surface area contributed by atoms with E-state index in [2.05, 4.69) is 10.3 Å². The highest BCUT2D eigenvalue weighted by atomic mass is 16.6. The number of rotatable bonds is 4. The molecule has 0 atom stereocenters. The highest BCUT2D eigenvalue weighted by Crippen LogP contribution is 2.27. The number of aromatic nitrogens is 3. The van der Waals surface area contributed by atoms with E-state index >= 15 is 0 Å². The molecular formula is C12H12N4O4. The number of nitro benzene ring substituents is 1. The van der Waals surface area contributed by atoms with Gasteiger partial charge in [0.2, 0.25) is 0 Å². The van der Waals surface area contributed by atoms with Crippen molar-refractivity contribution in [2.75, 3.05) is 0 Å². The first kappa shape index (κ1) is 13.7. The van der Waals surface area contributed by atoms with Gasteiger partial charge in [0.1, 0.15) is 0 Å². The summed E-state index contributed by atoms with van der Waals surface area (Å²) in [6, 6.07) is 3.06. The van der Waals surface area contributed by atoms with Gasteiger partial charge in [0.05, 0.1) is 34.5 Å². The minimum Gasteiger partial charge on any atom is -0.481 e. The average Bonchev–Trinajstić information content (AvgIpc) is 2.75. The molecule has 104 valence electrons. The van der Waals surface area contributed by atoms with Gasteiger partial charge < -0.3 is 5.11 Å². The Kier molecular flexibility index (Phi) is 3.47. The summed E-state index contributed by atoms with van der Waals surface area (Å²) in [6.45, 7) is 3.42. The number of carbonyl (C=O) groups is 1. The fraction of sp³-hybridized carbons (Fsp3) is 0.250. The van der Waals surface area contributed by atoms with E-state index in [0.29, 0.717) is 16.9 Å². The van der Waals surface area contributed by atoms with E-state index in [-0.39, 0.29) is 12.1 Å². The predicted octanol–water partition coefficient (Wildman–Crippen LogP) is 1.42. The summed E-state index contributed by atoms with van der Waals surface area (Å²) in [5.74, 6) is -1.01. The minimum absolute atomic E-state index is 0.0131. The molecule has 0 unspecified atom stereocenters. The molecule has 0 radical (unpaired) electrons. The third kappa shape index (κ3) is 2.48. The maximum atomic E-state index is 10.9. The van der Waals surface area contributed by atoms with Crippen molar-refractivity contribution in [3.05, 3.63) is 45.3 Å². The molecule has 0 spiro atoms. The molecule has 0 saturated heterocycles. The molecule has 8 nitrogen and oxygen atoms in total. The standard InChI is InChI=1S/C12H12N4O4/c1-7-3-4-10(16(19)20)8(2)12(7)15-6-9(13-14-15)5-11(17)18/h3-4,6H,5H2,1-2H3,(H,17,18). The molecule has 2 aromatic rings. The Morgan fingerprint density at radius 1 is 1.45 bits per heavy atom. The number of nitro groups is 1. The van der Waals surface area contributed by atoms with Crippen LogP contribution in [0.15, 0.2) is 18.3 Å². The highest BCUT2D eigenvalue weighted by molar-refractivity contribution is 5.69. The van der Waals surface area contributed by atoms with Crippen LogP contribution in [-0.2, 0) is 11.2 Å². The molecule has 0 aliphatic rings. The smallest absolute Gasteiger partial charge is 0.309 e. The van der Waals surface area contributed by atoms with Crippen LogP contribution in [0.25, 0.3) is 5.69 Å². The molecule has 1 N–H and O–H groups in total. The van der Waals surface area contributed by atoms with Gasteiger partial charge in [-0.15, -0.1) is 5.10 Å². The van der Waals surface area contributed by atoms with Gasteiger partial charge in [0.15, 0.2) is 0 Å².